The molecule has 0 aromatic carbocycles. The summed E-state index contributed by atoms with van der Waals surface area (Å²) in [6, 6.07) is 2.12. The van der Waals surface area contributed by atoms with Gasteiger partial charge in [0.15, 0.2) is 0 Å². The third kappa shape index (κ3) is 1.87. The van der Waals surface area contributed by atoms with Crippen LogP contribution in [0.15, 0.2) is 11.4 Å². The molecule has 4 heteroatoms. The molecule has 0 fully saturated rings. The third-order valence-electron chi connectivity index (χ3n) is 2.36. The maximum absolute atomic E-state index is 5.22. The minimum Gasteiger partial charge on any atom is -0.342 e. The average molecular weight is 236 g/mol. The van der Waals surface area contributed by atoms with E-state index in [0.717, 1.165) is 17.1 Å². The third-order valence-corrected chi connectivity index (χ3v) is 3.79. The Kier molecular flexibility index (Phi) is 2.71. The number of hydrogen-bond donors (Lipinski definition) is 1. The molecule has 2 aromatic rings. The normalized spacial score (nSPS) is 10.6. The molecule has 2 aromatic heterocycles. The lowest BCUT2D eigenvalue weighted by atomic mass is 10.1. The Morgan fingerprint density at radius 2 is 2.07 bits per heavy atom. The maximum atomic E-state index is 5.22. The molecule has 0 saturated carbocycles. The number of H-pyrrole nitrogens is 1. The summed E-state index contributed by atoms with van der Waals surface area (Å²) in [4.78, 5) is 8.78. The predicted molar refractivity (Wildman–Crippen MR) is 66.9 cm³/mol. The Hall–Kier alpha value is -1.00. The molecule has 0 aliphatic carbocycles. The van der Waals surface area contributed by atoms with Gasteiger partial charge in [-0.05, 0) is 37.8 Å². The lowest BCUT2D eigenvalue weighted by molar-refractivity contribution is 1.03. The van der Waals surface area contributed by atoms with E-state index in [1.54, 1.807) is 11.3 Å². The molecule has 15 heavy (non-hydrogen) atoms. The van der Waals surface area contributed by atoms with Gasteiger partial charge < -0.3 is 4.98 Å². The number of thiophene rings is 1. The van der Waals surface area contributed by atoms with Crippen LogP contribution >= 0.6 is 23.6 Å². The van der Waals surface area contributed by atoms with Crippen LogP contribution in [0.1, 0.15) is 17.0 Å². The molecule has 2 rings (SSSR count). The summed E-state index contributed by atoms with van der Waals surface area (Å²) >= 11 is 6.95. The summed E-state index contributed by atoms with van der Waals surface area (Å²) in [6.45, 7) is 6.05. The molecule has 0 amide bonds. The van der Waals surface area contributed by atoms with Crippen molar-refractivity contribution in [3.8, 4) is 10.6 Å². The van der Waals surface area contributed by atoms with Gasteiger partial charge in [0.05, 0.1) is 10.6 Å². The van der Waals surface area contributed by atoms with Gasteiger partial charge in [-0.25, -0.2) is 4.98 Å². The van der Waals surface area contributed by atoms with Crippen molar-refractivity contribution in [1.82, 2.24) is 9.97 Å². The smallest absolute Gasteiger partial charge is 0.133 e. The van der Waals surface area contributed by atoms with Gasteiger partial charge >= 0.3 is 0 Å². The fraction of sp³-hybridized carbons (Fsp3) is 0.273. The monoisotopic (exact) mass is 236 g/mol. The number of aryl methyl sites for hydroxylation is 2. The fourth-order valence-corrected chi connectivity index (χ4v) is 2.72. The van der Waals surface area contributed by atoms with Crippen molar-refractivity contribution in [2.45, 2.75) is 20.8 Å². The SMILES string of the molecule is Cc1nc(=S)c(C)c(-c2sccc2C)[nH]1. The molecule has 0 saturated heterocycles. The zero-order valence-electron chi connectivity index (χ0n) is 8.92. The van der Waals surface area contributed by atoms with Crippen LogP contribution in [0.4, 0.5) is 0 Å². The van der Waals surface area contributed by atoms with Gasteiger partial charge in [-0.2, -0.15) is 0 Å². The Morgan fingerprint density at radius 3 is 2.67 bits per heavy atom. The van der Waals surface area contributed by atoms with Crippen molar-refractivity contribution < 1.29 is 0 Å². The predicted octanol–water partition coefficient (Wildman–Crippen LogP) is 3.79. The first-order chi connectivity index (χ1) is 7.09. The van der Waals surface area contributed by atoms with Crippen LogP contribution in [-0.4, -0.2) is 9.97 Å². The van der Waals surface area contributed by atoms with Crippen molar-refractivity contribution in [3.63, 3.8) is 0 Å². The Labute approximate surface area is 98.0 Å². The van der Waals surface area contributed by atoms with Gasteiger partial charge in [0.2, 0.25) is 0 Å². The summed E-state index contributed by atoms with van der Waals surface area (Å²) in [7, 11) is 0. The minimum atomic E-state index is 0.689. The molecular weight excluding hydrogens is 224 g/mol. The van der Waals surface area contributed by atoms with E-state index in [1.807, 2.05) is 13.8 Å². The summed E-state index contributed by atoms with van der Waals surface area (Å²) < 4.78 is 0.689. The molecule has 0 atom stereocenters. The van der Waals surface area contributed by atoms with Gasteiger partial charge in [-0.1, -0.05) is 12.2 Å². The van der Waals surface area contributed by atoms with Crippen LogP contribution in [0.25, 0.3) is 10.6 Å². The second kappa shape index (κ2) is 3.87. The molecular formula is C11H12N2S2. The topological polar surface area (TPSA) is 28.7 Å². The van der Waals surface area contributed by atoms with Crippen molar-refractivity contribution in [2.75, 3.05) is 0 Å². The van der Waals surface area contributed by atoms with Crippen molar-refractivity contribution in [3.05, 3.63) is 33.0 Å². The highest BCUT2D eigenvalue weighted by molar-refractivity contribution is 7.71. The largest absolute Gasteiger partial charge is 0.342 e. The highest BCUT2D eigenvalue weighted by atomic mass is 32.1. The van der Waals surface area contributed by atoms with E-state index in [1.165, 1.54) is 10.4 Å². The second-order valence-electron chi connectivity index (χ2n) is 3.56. The number of nitrogens with one attached hydrogen (secondary N) is 1. The average Bonchev–Trinajstić information content (AvgIpc) is 2.58. The molecule has 0 radical (unpaired) electrons. The fourth-order valence-electron chi connectivity index (χ4n) is 1.50. The molecule has 0 bridgehead atoms. The summed E-state index contributed by atoms with van der Waals surface area (Å²) in [5.41, 5.74) is 3.44. The quantitative estimate of drug-likeness (QED) is 0.763. The highest BCUT2D eigenvalue weighted by Gasteiger charge is 2.09. The first-order valence-corrected chi connectivity index (χ1v) is 6.00. The van der Waals surface area contributed by atoms with Crippen LogP contribution in [-0.2, 0) is 0 Å². The molecule has 0 spiro atoms. The van der Waals surface area contributed by atoms with Crippen LogP contribution in [0.2, 0.25) is 0 Å². The molecule has 0 aliphatic rings. The lowest BCUT2D eigenvalue weighted by Crippen LogP contribution is -1.95. The lowest BCUT2D eigenvalue weighted by Gasteiger charge is -2.06. The first kappa shape index (κ1) is 10.5. The second-order valence-corrected chi connectivity index (χ2v) is 4.86. The number of rotatable bonds is 1. The van der Waals surface area contributed by atoms with Crippen LogP contribution < -0.4 is 0 Å². The van der Waals surface area contributed by atoms with Crippen molar-refractivity contribution >= 4 is 23.6 Å². The van der Waals surface area contributed by atoms with Crippen molar-refractivity contribution in [2.24, 2.45) is 0 Å². The van der Waals surface area contributed by atoms with Crippen molar-refractivity contribution in [1.29, 1.82) is 0 Å². The van der Waals surface area contributed by atoms with Crippen LogP contribution in [0.3, 0.4) is 0 Å². The van der Waals surface area contributed by atoms with E-state index in [-0.39, 0.29) is 0 Å². The Bertz CT molecular complexity index is 552. The number of hydrogen-bond acceptors (Lipinski definition) is 3. The summed E-state index contributed by atoms with van der Waals surface area (Å²) in [5.74, 6) is 0.869. The van der Waals surface area contributed by atoms with E-state index >= 15 is 0 Å². The zero-order valence-corrected chi connectivity index (χ0v) is 10.6. The van der Waals surface area contributed by atoms with Crippen LogP contribution in [0.5, 0.6) is 0 Å². The highest BCUT2D eigenvalue weighted by Crippen LogP contribution is 2.29. The Balaban J connectivity index is 2.73. The van der Waals surface area contributed by atoms with Gasteiger partial charge in [0.25, 0.3) is 0 Å². The maximum Gasteiger partial charge on any atom is 0.133 e. The summed E-state index contributed by atoms with van der Waals surface area (Å²) in [6.07, 6.45) is 0. The molecule has 1 N–H and O–H groups in total. The van der Waals surface area contributed by atoms with E-state index < -0.39 is 0 Å². The van der Waals surface area contributed by atoms with E-state index in [0.29, 0.717) is 4.64 Å². The van der Waals surface area contributed by atoms with Gasteiger partial charge in [-0.15, -0.1) is 11.3 Å². The van der Waals surface area contributed by atoms with Crippen LogP contribution in [0, 0.1) is 25.4 Å². The molecule has 2 heterocycles. The first-order valence-electron chi connectivity index (χ1n) is 4.71. The molecule has 2 nitrogen and oxygen atoms in total. The number of aromatic nitrogens is 2. The molecule has 78 valence electrons. The van der Waals surface area contributed by atoms with E-state index in [4.69, 9.17) is 12.2 Å². The van der Waals surface area contributed by atoms with Gasteiger partial charge in [0, 0.05) is 5.56 Å². The Morgan fingerprint density at radius 1 is 1.33 bits per heavy atom. The van der Waals surface area contributed by atoms with E-state index in [2.05, 4.69) is 28.3 Å². The minimum absolute atomic E-state index is 0.689. The molecule has 0 unspecified atom stereocenters. The molecule has 0 aliphatic heterocycles. The van der Waals surface area contributed by atoms with E-state index in [9.17, 15) is 0 Å². The standard InChI is InChI=1S/C11H12N2S2/c1-6-4-5-15-10(6)9-7(2)11(14)13-8(3)12-9/h4-5H,1-3H3,(H,12,13,14). The number of aromatic amines is 1. The zero-order chi connectivity index (χ0) is 11.0. The number of nitrogens with zero attached hydrogens (tertiary/aromatic N) is 1. The summed E-state index contributed by atoms with van der Waals surface area (Å²) in [5, 5.41) is 2.09. The van der Waals surface area contributed by atoms with Gasteiger partial charge in [0.1, 0.15) is 10.5 Å². The van der Waals surface area contributed by atoms with Gasteiger partial charge in [-0.3, -0.25) is 0 Å².